The summed E-state index contributed by atoms with van der Waals surface area (Å²) < 4.78 is 0. The molecule has 11 atom stereocenters. The Labute approximate surface area is 452 Å². The molecule has 3 aromatic carbocycles. The number of carboxylic acid groups (broad SMARTS) is 1. The van der Waals surface area contributed by atoms with Crippen molar-refractivity contribution in [1.29, 1.82) is 0 Å². The molecule has 4 aliphatic carbocycles. The SMILES string of the molecule is CCCCC[C@H]1C=C[C@H](CCCC[C@@H]2CC[C@H](c3cc(-c4ccccc4)c(-c4cc(O)cc(O)c4Cc4ccccc4)[nH]3)[C@@H]3C[C@@H](CC4=CCNC(N)=C4)C[C@]3(O)[C@H](CNC3CCCCC3)C[C@@H](O)[C@@H]2C(=O)O)[C@@H](O)C1. The standard InChI is InChI=1S/C65H88N4O7/c1-2-3-7-16-43-25-26-47(58(71)34-43)21-14-15-22-48-27-28-52(57-39-53(46-19-10-5-11-20-46)63(69-57)55-37-51(70)38-59(72)54(55)32-42-17-8-4-9-18-42)56-33-45(31-44-29-30-67-61(66)35-44)40-65(56,76)49(36-60(73)62(48)64(74)75)41-68-50-23-12-6-13-24-50/h4-5,8-11,17-20,25-26,29,35,37-39,43,45,47-50,52,56,58,60,62,67-73,76H,2-3,6-7,12-16,21-24,27-28,30-34,36,40-41,66H2,1H3,(H,74,75)/t43-,45+,47-,48+,49-,52-,56-,58-,60+,62+,65-/m0/s1. The minimum atomic E-state index is -1.28. The third-order valence-corrected chi connectivity index (χ3v) is 18.7. The van der Waals surface area contributed by atoms with Crippen molar-refractivity contribution in [1.82, 2.24) is 15.6 Å². The maximum atomic E-state index is 14.0. The van der Waals surface area contributed by atoms with Gasteiger partial charge in [0.05, 0.1) is 35.2 Å². The number of aromatic nitrogens is 1. The van der Waals surface area contributed by atoms with Crippen molar-refractivity contribution >= 4 is 5.97 Å². The Kier molecular flexibility index (Phi) is 18.9. The number of benzene rings is 3. The number of dihydropyridines is 1. The van der Waals surface area contributed by atoms with Crippen molar-refractivity contribution in [2.75, 3.05) is 13.1 Å². The molecule has 1 aliphatic heterocycles. The average Bonchev–Trinajstić information content (AvgIpc) is 4.00. The van der Waals surface area contributed by atoms with Gasteiger partial charge in [-0.25, -0.2) is 0 Å². The summed E-state index contributed by atoms with van der Waals surface area (Å²) in [5.41, 5.74) is 12.1. The number of rotatable bonds is 20. The number of aromatic hydroxyl groups is 2. The Morgan fingerprint density at radius 3 is 2.30 bits per heavy atom. The number of aromatic amines is 1. The molecule has 0 saturated heterocycles. The molecule has 0 radical (unpaired) electrons. The van der Waals surface area contributed by atoms with E-state index in [1.807, 2.05) is 54.6 Å². The zero-order chi connectivity index (χ0) is 53.2. The van der Waals surface area contributed by atoms with Gasteiger partial charge in [0.25, 0.3) is 0 Å². The lowest BCUT2D eigenvalue weighted by Gasteiger charge is -2.45. The number of H-pyrrole nitrogens is 1. The van der Waals surface area contributed by atoms with Crippen LogP contribution in [0.5, 0.6) is 11.5 Å². The molecule has 76 heavy (non-hydrogen) atoms. The van der Waals surface area contributed by atoms with Gasteiger partial charge < -0.3 is 52.0 Å². The minimum Gasteiger partial charge on any atom is -0.508 e. The Morgan fingerprint density at radius 1 is 0.816 bits per heavy atom. The van der Waals surface area contributed by atoms with E-state index in [-0.39, 0.29) is 53.6 Å². The van der Waals surface area contributed by atoms with Crippen LogP contribution >= 0.6 is 0 Å². The molecule has 0 unspecified atom stereocenters. The average molecular weight is 1040 g/mol. The molecule has 4 aromatic rings. The van der Waals surface area contributed by atoms with Crippen molar-refractivity contribution in [3.63, 3.8) is 0 Å². The lowest BCUT2D eigenvalue weighted by molar-refractivity contribution is -0.152. The van der Waals surface area contributed by atoms with Crippen LogP contribution in [0.4, 0.5) is 0 Å². The Hall–Kier alpha value is -5.33. The van der Waals surface area contributed by atoms with Crippen LogP contribution in [0, 0.1) is 41.4 Å². The summed E-state index contributed by atoms with van der Waals surface area (Å²) in [6.45, 7) is 3.33. The molecule has 9 rings (SSSR count). The van der Waals surface area contributed by atoms with Gasteiger partial charge in [0.1, 0.15) is 11.5 Å². The topological polar surface area (TPSA) is 204 Å². The number of unbranched alkanes of at least 4 members (excludes halogenated alkanes) is 3. The second-order valence-electron chi connectivity index (χ2n) is 23.8. The van der Waals surface area contributed by atoms with Gasteiger partial charge >= 0.3 is 5.97 Å². The van der Waals surface area contributed by atoms with Crippen LogP contribution in [-0.4, -0.2) is 78.5 Å². The van der Waals surface area contributed by atoms with Crippen molar-refractivity contribution in [2.24, 2.45) is 47.2 Å². The molecule has 5 aliphatic rings. The van der Waals surface area contributed by atoms with E-state index in [2.05, 4.69) is 59.0 Å². The second kappa shape index (κ2) is 25.9. The molecule has 11 N–H and O–H groups in total. The summed E-state index contributed by atoms with van der Waals surface area (Å²) in [6, 6.07) is 25.8. The highest BCUT2D eigenvalue weighted by atomic mass is 16.4. The van der Waals surface area contributed by atoms with Gasteiger partial charge in [-0.1, -0.05) is 137 Å². The fraction of sp³-hybridized carbons (Fsp3) is 0.554. The van der Waals surface area contributed by atoms with Crippen LogP contribution in [0.25, 0.3) is 22.4 Å². The number of carboxylic acids is 1. The normalized spacial score (nSPS) is 29.3. The first-order chi connectivity index (χ1) is 36.9. The third kappa shape index (κ3) is 13.5. The quantitative estimate of drug-likeness (QED) is 0.0300. The monoisotopic (exact) mass is 1040 g/mol. The summed E-state index contributed by atoms with van der Waals surface area (Å²) in [4.78, 5) is 17.7. The van der Waals surface area contributed by atoms with Crippen LogP contribution in [-0.2, 0) is 11.2 Å². The first-order valence-corrected chi connectivity index (χ1v) is 29.4. The molecule has 410 valence electrons. The molecule has 11 nitrogen and oxygen atoms in total. The van der Waals surface area contributed by atoms with E-state index in [9.17, 15) is 35.4 Å². The molecule has 0 bridgehead atoms. The fourth-order valence-corrected chi connectivity index (χ4v) is 14.7. The molecule has 1 aromatic heterocycles. The van der Waals surface area contributed by atoms with E-state index in [0.717, 1.165) is 104 Å². The van der Waals surface area contributed by atoms with E-state index < -0.39 is 29.5 Å². The van der Waals surface area contributed by atoms with Gasteiger partial charge in [-0.05, 0) is 136 Å². The smallest absolute Gasteiger partial charge is 0.309 e. The van der Waals surface area contributed by atoms with Crippen molar-refractivity contribution in [2.45, 2.75) is 172 Å². The van der Waals surface area contributed by atoms with E-state index in [4.69, 9.17) is 5.73 Å². The van der Waals surface area contributed by atoms with Gasteiger partial charge in [-0.3, -0.25) is 4.79 Å². The van der Waals surface area contributed by atoms with Crippen LogP contribution < -0.4 is 16.4 Å². The van der Waals surface area contributed by atoms with E-state index in [1.165, 1.54) is 31.7 Å². The van der Waals surface area contributed by atoms with Crippen molar-refractivity contribution in [3.05, 3.63) is 131 Å². The molecule has 3 saturated carbocycles. The van der Waals surface area contributed by atoms with Crippen LogP contribution in [0.15, 0.2) is 115 Å². The van der Waals surface area contributed by atoms with E-state index >= 15 is 0 Å². The van der Waals surface area contributed by atoms with Gasteiger partial charge in [-0.2, -0.15) is 0 Å². The molecule has 2 heterocycles. The molecule has 11 heteroatoms. The number of carbonyl (C=O) groups is 1. The van der Waals surface area contributed by atoms with Gasteiger partial charge in [0, 0.05) is 71.8 Å². The third-order valence-electron chi connectivity index (χ3n) is 18.7. The number of aliphatic hydroxyl groups excluding tert-OH is 2. The first-order valence-electron chi connectivity index (χ1n) is 29.4. The molecule has 0 spiro atoms. The Bertz CT molecular complexity index is 2610. The lowest BCUT2D eigenvalue weighted by atomic mass is 9.65. The summed E-state index contributed by atoms with van der Waals surface area (Å²) in [5.74, 6) is -2.16. The Balaban J connectivity index is 1.12. The summed E-state index contributed by atoms with van der Waals surface area (Å²) in [6.07, 6.45) is 25.0. The largest absolute Gasteiger partial charge is 0.508 e. The molecular weight excluding hydrogens is 949 g/mol. The molecule has 3 fully saturated rings. The number of hydrogen-bond donors (Lipinski definition) is 10. The highest BCUT2D eigenvalue weighted by molar-refractivity contribution is 5.85. The summed E-state index contributed by atoms with van der Waals surface area (Å²) in [7, 11) is 0. The van der Waals surface area contributed by atoms with Crippen LogP contribution in [0.2, 0.25) is 0 Å². The predicted molar refractivity (Wildman–Crippen MR) is 303 cm³/mol. The summed E-state index contributed by atoms with van der Waals surface area (Å²) in [5, 5.41) is 79.1. The minimum absolute atomic E-state index is 0.00217. The number of aliphatic carboxylic acids is 1. The number of hydrogen-bond acceptors (Lipinski definition) is 9. The maximum Gasteiger partial charge on any atom is 0.309 e. The number of aliphatic hydroxyl groups is 3. The first kappa shape index (κ1) is 55.4. The zero-order valence-electron chi connectivity index (χ0n) is 45.1. The zero-order valence-corrected chi connectivity index (χ0v) is 45.1. The molecule has 0 amide bonds. The van der Waals surface area contributed by atoms with Crippen LogP contribution in [0.3, 0.4) is 0 Å². The number of phenolic OH excluding ortho intramolecular Hbond substituents is 2. The van der Waals surface area contributed by atoms with Gasteiger partial charge in [0.15, 0.2) is 0 Å². The van der Waals surface area contributed by atoms with Crippen LogP contribution in [0.1, 0.15) is 158 Å². The number of nitrogens with one attached hydrogen (secondary N) is 3. The predicted octanol–water partition coefficient (Wildman–Crippen LogP) is 12.0. The molecular formula is C65H88N4O7. The lowest BCUT2D eigenvalue weighted by Crippen LogP contribution is -2.52. The number of allylic oxidation sites excluding steroid dienone is 3. The number of fused-ring (bicyclic) bond motifs is 1. The van der Waals surface area contributed by atoms with Gasteiger partial charge in [-0.15, -0.1) is 0 Å². The second-order valence-corrected chi connectivity index (χ2v) is 23.8. The van der Waals surface area contributed by atoms with Crippen molar-refractivity contribution < 1.29 is 35.4 Å². The fourth-order valence-electron chi connectivity index (χ4n) is 14.7. The Morgan fingerprint density at radius 2 is 1.57 bits per heavy atom. The number of phenols is 2. The number of nitrogens with two attached hydrogens (primary N) is 1. The highest BCUT2D eigenvalue weighted by Gasteiger charge is 2.55. The summed E-state index contributed by atoms with van der Waals surface area (Å²) >= 11 is 0. The highest BCUT2D eigenvalue weighted by Crippen LogP contribution is 2.56. The van der Waals surface area contributed by atoms with E-state index in [1.54, 1.807) is 6.07 Å². The maximum absolute atomic E-state index is 14.0. The van der Waals surface area contributed by atoms with Gasteiger partial charge in [0.2, 0.25) is 0 Å². The van der Waals surface area contributed by atoms with E-state index in [0.29, 0.717) is 74.1 Å². The van der Waals surface area contributed by atoms with Crippen molar-refractivity contribution in [3.8, 4) is 33.9 Å².